The van der Waals surface area contributed by atoms with E-state index in [0.29, 0.717) is 50.4 Å². The molecule has 2 N–H and O–H groups in total. The lowest BCUT2D eigenvalue weighted by molar-refractivity contribution is -0.149. The molecule has 29 heavy (non-hydrogen) atoms. The van der Waals surface area contributed by atoms with Crippen molar-refractivity contribution in [3.8, 4) is 0 Å². The van der Waals surface area contributed by atoms with Gasteiger partial charge in [-0.2, -0.15) is 0 Å². The topological polar surface area (TPSA) is 97.0 Å². The van der Waals surface area contributed by atoms with Crippen LogP contribution in [0.25, 0.3) is 0 Å². The van der Waals surface area contributed by atoms with E-state index >= 15 is 0 Å². The molecule has 0 spiro atoms. The first-order valence-electron chi connectivity index (χ1n) is 9.93. The van der Waals surface area contributed by atoms with Gasteiger partial charge in [0.1, 0.15) is 0 Å². The van der Waals surface area contributed by atoms with Crippen LogP contribution in [0.15, 0.2) is 28.8 Å². The highest BCUT2D eigenvalue weighted by atomic mass is 32.1. The fourth-order valence-corrected chi connectivity index (χ4v) is 4.46. The number of amides is 2. The number of piperidine rings is 1. The van der Waals surface area contributed by atoms with Gasteiger partial charge in [-0.3, -0.25) is 9.69 Å². The van der Waals surface area contributed by atoms with E-state index in [1.165, 1.54) is 11.3 Å². The largest absolute Gasteiger partial charge is 0.466 e. The minimum Gasteiger partial charge on any atom is -0.466 e. The van der Waals surface area contributed by atoms with Crippen LogP contribution >= 0.6 is 11.3 Å². The van der Waals surface area contributed by atoms with E-state index in [0.717, 1.165) is 4.88 Å². The normalized spacial score (nSPS) is 20.8. The zero-order chi connectivity index (χ0) is 20.8. The molecule has 9 heteroatoms. The Morgan fingerprint density at radius 2 is 1.93 bits per heavy atom. The number of ether oxygens (including phenoxy) is 2. The van der Waals surface area contributed by atoms with Crippen LogP contribution in [0.3, 0.4) is 0 Å². The fraction of sp³-hybridized carbons (Fsp3) is 0.550. The van der Waals surface area contributed by atoms with Gasteiger partial charge in [0.05, 0.1) is 30.7 Å². The van der Waals surface area contributed by atoms with Crippen molar-refractivity contribution in [2.45, 2.75) is 32.7 Å². The minimum absolute atomic E-state index is 0.0915. The molecular formula is C20H27N3O5S. The van der Waals surface area contributed by atoms with Crippen LogP contribution in [0, 0.1) is 5.92 Å². The molecule has 1 aromatic rings. The van der Waals surface area contributed by atoms with Gasteiger partial charge in [0.25, 0.3) is 0 Å². The first-order chi connectivity index (χ1) is 14.0. The third-order valence-corrected chi connectivity index (χ3v) is 6.00. The number of nitrogens with one attached hydrogen (secondary N) is 2. The van der Waals surface area contributed by atoms with Gasteiger partial charge in [-0.25, -0.2) is 9.59 Å². The Balaban J connectivity index is 1.78. The van der Waals surface area contributed by atoms with Gasteiger partial charge in [-0.15, -0.1) is 11.3 Å². The summed E-state index contributed by atoms with van der Waals surface area (Å²) in [6.45, 7) is 6.00. The summed E-state index contributed by atoms with van der Waals surface area (Å²) in [5.41, 5.74) is 0.988. The van der Waals surface area contributed by atoms with Gasteiger partial charge in [0.2, 0.25) is 0 Å². The Bertz CT molecular complexity index is 769. The van der Waals surface area contributed by atoms with Crippen molar-refractivity contribution in [1.82, 2.24) is 15.5 Å². The van der Waals surface area contributed by atoms with E-state index in [2.05, 4.69) is 15.5 Å². The molecule has 2 aliphatic heterocycles. The molecule has 0 unspecified atom stereocenters. The molecule has 1 saturated heterocycles. The molecule has 0 aromatic carbocycles. The average Bonchev–Trinajstić information content (AvgIpc) is 3.23. The molecule has 0 saturated carbocycles. The maximum Gasteiger partial charge on any atom is 0.338 e. The lowest BCUT2D eigenvalue weighted by Gasteiger charge is -2.34. The summed E-state index contributed by atoms with van der Waals surface area (Å²) in [4.78, 5) is 40.0. The molecule has 0 radical (unpaired) electrons. The number of urea groups is 1. The van der Waals surface area contributed by atoms with Gasteiger partial charge < -0.3 is 20.1 Å². The molecule has 158 valence electrons. The molecule has 3 rings (SSSR count). The predicted molar refractivity (Wildman–Crippen MR) is 108 cm³/mol. The molecule has 8 nitrogen and oxygen atoms in total. The van der Waals surface area contributed by atoms with E-state index in [1.807, 2.05) is 17.5 Å². The minimum atomic E-state index is -0.533. The number of carbonyl (C=O) groups excluding carboxylic acids is 3. The number of esters is 2. The Morgan fingerprint density at radius 3 is 2.55 bits per heavy atom. The standard InChI is InChI=1S/C20H27N3O5S/c1-3-27-18(24)13-7-9-23(10-8-13)12-14-16(19(25)28-4-2)17(22-20(26)21-14)15-6-5-11-29-15/h5-6,11,13,17H,3-4,7-10,12H2,1-2H3,(H2,21,22,26)/t17-/m1/s1. The number of hydrogen-bond donors (Lipinski definition) is 2. The van der Waals surface area contributed by atoms with Gasteiger partial charge in [0, 0.05) is 17.1 Å². The molecule has 3 heterocycles. The van der Waals surface area contributed by atoms with Crippen molar-refractivity contribution < 1.29 is 23.9 Å². The number of nitrogens with zero attached hydrogens (tertiary/aromatic N) is 1. The van der Waals surface area contributed by atoms with Crippen LogP contribution < -0.4 is 10.6 Å². The van der Waals surface area contributed by atoms with E-state index < -0.39 is 12.0 Å². The zero-order valence-corrected chi connectivity index (χ0v) is 17.5. The fourth-order valence-electron chi connectivity index (χ4n) is 3.67. The van der Waals surface area contributed by atoms with Gasteiger partial charge >= 0.3 is 18.0 Å². The Hall–Kier alpha value is -2.39. The number of likely N-dealkylation sites (tertiary alicyclic amines) is 1. The summed E-state index contributed by atoms with van der Waals surface area (Å²) in [7, 11) is 0. The third-order valence-electron chi connectivity index (χ3n) is 5.07. The monoisotopic (exact) mass is 421 g/mol. The summed E-state index contributed by atoms with van der Waals surface area (Å²) in [5, 5.41) is 7.54. The predicted octanol–water partition coefficient (Wildman–Crippen LogP) is 2.19. The second-order valence-corrected chi connectivity index (χ2v) is 7.94. The molecule has 2 amide bonds. The van der Waals surface area contributed by atoms with Crippen LogP contribution in [0.2, 0.25) is 0 Å². The van der Waals surface area contributed by atoms with E-state index in [1.54, 1.807) is 13.8 Å². The lowest BCUT2D eigenvalue weighted by Crippen LogP contribution is -2.49. The summed E-state index contributed by atoms with van der Waals surface area (Å²) in [6, 6.07) is 2.90. The third kappa shape index (κ3) is 5.16. The summed E-state index contributed by atoms with van der Waals surface area (Å²) < 4.78 is 10.4. The number of carbonyl (C=O) groups is 3. The van der Waals surface area contributed by atoms with Gasteiger partial charge in [-0.05, 0) is 51.2 Å². The summed E-state index contributed by atoms with van der Waals surface area (Å²) in [6.07, 6.45) is 1.39. The maximum absolute atomic E-state index is 12.7. The molecule has 1 aromatic heterocycles. The first-order valence-corrected chi connectivity index (χ1v) is 10.8. The molecule has 0 aliphatic carbocycles. The highest BCUT2D eigenvalue weighted by molar-refractivity contribution is 7.10. The second kappa shape index (κ2) is 9.89. The van der Waals surface area contributed by atoms with Crippen molar-refractivity contribution in [2.24, 2.45) is 5.92 Å². The molecule has 0 bridgehead atoms. The molecule has 1 atom stereocenters. The van der Waals surface area contributed by atoms with Crippen molar-refractivity contribution in [1.29, 1.82) is 0 Å². The average molecular weight is 422 g/mol. The van der Waals surface area contributed by atoms with Gasteiger partial charge in [-0.1, -0.05) is 6.07 Å². The molecule has 2 aliphatic rings. The van der Waals surface area contributed by atoms with Crippen LogP contribution in [0.1, 0.15) is 37.6 Å². The van der Waals surface area contributed by atoms with Gasteiger partial charge in [0.15, 0.2) is 0 Å². The highest BCUT2D eigenvalue weighted by Crippen LogP contribution is 2.31. The van der Waals surface area contributed by atoms with Crippen LogP contribution in [0.4, 0.5) is 4.79 Å². The molecule has 1 fully saturated rings. The van der Waals surface area contributed by atoms with Crippen LogP contribution in [-0.2, 0) is 19.1 Å². The first kappa shape index (κ1) is 21.3. The van der Waals surface area contributed by atoms with E-state index in [-0.39, 0.29) is 24.5 Å². The van der Waals surface area contributed by atoms with Crippen LogP contribution in [0.5, 0.6) is 0 Å². The van der Waals surface area contributed by atoms with E-state index in [9.17, 15) is 14.4 Å². The quantitative estimate of drug-likeness (QED) is 0.655. The van der Waals surface area contributed by atoms with Crippen LogP contribution in [-0.4, -0.2) is 55.7 Å². The Kier molecular flexibility index (Phi) is 7.27. The van der Waals surface area contributed by atoms with Crippen molar-refractivity contribution in [2.75, 3.05) is 32.8 Å². The van der Waals surface area contributed by atoms with Crippen molar-refractivity contribution in [3.63, 3.8) is 0 Å². The zero-order valence-electron chi connectivity index (χ0n) is 16.7. The molecular weight excluding hydrogens is 394 g/mol. The summed E-state index contributed by atoms with van der Waals surface area (Å²) in [5.74, 6) is -0.674. The maximum atomic E-state index is 12.7. The smallest absolute Gasteiger partial charge is 0.338 e. The second-order valence-electron chi connectivity index (χ2n) is 6.96. The van der Waals surface area contributed by atoms with E-state index in [4.69, 9.17) is 9.47 Å². The summed E-state index contributed by atoms with van der Waals surface area (Å²) >= 11 is 1.48. The number of rotatable bonds is 7. The highest BCUT2D eigenvalue weighted by Gasteiger charge is 2.35. The Morgan fingerprint density at radius 1 is 1.21 bits per heavy atom. The number of hydrogen-bond acceptors (Lipinski definition) is 7. The number of thiophene rings is 1. The van der Waals surface area contributed by atoms with Crippen molar-refractivity contribution in [3.05, 3.63) is 33.7 Å². The Labute approximate surface area is 174 Å². The SMILES string of the molecule is CCOC(=O)C1=C(CN2CCC(C(=O)OCC)CC2)NC(=O)N[C@@H]1c1cccs1. The lowest BCUT2D eigenvalue weighted by atomic mass is 9.96. The van der Waals surface area contributed by atoms with Crippen molar-refractivity contribution >= 4 is 29.3 Å².